The predicted octanol–water partition coefficient (Wildman–Crippen LogP) is 2.08. The van der Waals surface area contributed by atoms with Crippen LogP contribution in [-0.2, 0) is 20.4 Å². The van der Waals surface area contributed by atoms with Crippen molar-refractivity contribution in [2.24, 2.45) is 11.7 Å². The first kappa shape index (κ1) is 28.0. The van der Waals surface area contributed by atoms with E-state index in [0.29, 0.717) is 28.7 Å². The largest absolute Gasteiger partial charge is 0.494 e. The van der Waals surface area contributed by atoms with Crippen molar-refractivity contribution in [2.45, 2.75) is 24.3 Å². The van der Waals surface area contributed by atoms with Crippen LogP contribution in [0.1, 0.15) is 18.0 Å². The van der Waals surface area contributed by atoms with Crippen LogP contribution in [0, 0.1) is 18.7 Å². The second-order valence-electron chi connectivity index (χ2n) is 9.57. The number of benzene rings is 1. The molecule has 1 aromatic carbocycles. The van der Waals surface area contributed by atoms with Gasteiger partial charge in [-0.1, -0.05) is 6.07 Å². The molecule has 15 heteroatoms. The van der Waals surface area contributed by atoms with E-state index in [0.717, 1.165) is 12.4 Å². The fraction of sp³-hybridized carbons (Fsp3) is 0.346. The Morgan fingerprint density at radius 2 is 1.78 bits per heavy atom. The summed E-state index contributed by atoms with van der Waals surface area (Å²) in [6, 6.07) is 8.59. The number of sulfone groups is 1. The second kappa shape index (κ2) is 11.2. The minimum Gasteiger partial charge on any atom is -0.494 e. The van der Waals surface area contributed by atoms with Gasteiger partial charge in [-0.2, -0.15) is 0 Å². The molecular weight excluding hydrogens is 557 g/mol. The number of halogens is 1. The van der Waals surface area contributed by atoms with Crippen molar-refractivity contribution in [3.63, 3.8) is 0 Å². The first-order valence-corrected chi connectivity index (χ1v) is 14.3. The highest BCUT2D eigenvalue weighted by atomic mass is 32.2. The van der Waals surface area contributed by atoms with Crippen LogP contribution in [0.3, 0.4) is 0 Å². The molecule has 0 bridgehead atoms. The Balaban J connectivity index is 1.57. The lowest BCUT2D eigenvalue weighted by Crippen LogP contribution is -2.50. The molecule has 41 heavy (non-hydrogen) atoms. The molecule has 5 rings (SSSR count). The third-order valence-electron chi connectivity index (χ3n) is 6.86. The van der Waals surface area contributed by atoms with Crippen molar-refractivity contribution >= 4 is 21.7 Å². The van der Waals surface area contributed by atoms with Gasteiger partial charge < -0.3 is 24.5 Å². The Hall–Kier alpha value is -4.53. The summed E-state index contributed by atoms with van der Waals surface area (Å²) in [4.78, 5) is 21.6. The van der Waals surface area contributed by atoms with Crippen molar-refractivity contribution in [3.05, 3.63) is 60.1 Å². The molecule has 0 unspecified atom stereocenters. The molecule has 0 aliphatic carbocycles. The number of ether oxygens (including phenoxy) is 2. The maximum atomic E-state index is 13.9. The highest BCUT2D eigenvalue weighted by molar-refractivity contribution is 7.91. The van der Waals surface area contributed by atoms with E-state index in [9.17, 15) is 17.6 Å². The molecule has 13 nitrogen and oxygen atoms in total. The molecule has 0 saturated carbocycles. The fourth-order valence-corrected chi connectivity index (χ4v) is 6.58. The second-order valence-corrected chi connectivity index (χ2v) is 11.8. The number of anilines is 1. The smallest absolute Gasteiger partial charge is 0.225 e. The van der Waals surface area contributed by atoms with Crippen LogP contribution in [0.5, 0.6) is 11.5 Å². The maximum absolute atomic E-state index is 13.9. The van der Waals surface area contributed by atoms with Gasteiger partial charge in [-0.25, -0.2) is 22.8 Å². The number of hydrogen-bond donors (Lipinski definition) is 1. The van der Waals surface area contributed by atoms with Gasteiger partial charge >= 0.3 is 0 Å². The maximum Gasteiger partial charge on any atom is 0.225 e. The molecule has 2 atom stereocenters. The van der Waals surface area contributed by atoms with E-state index in [1.165, 1.54) is 23.7 Å². The summed E-state index contributed by atoms with van der Waals surface area (Å²) in [7, 11) is -1.04. The summed E-state index contributed by atoms with van der Waals surface area (Å²) in [5, 5.41) is 7.47. The van der Waals surface area contributed by atoms with Crippen molar-refractivity contribution < 1.29 is 31.5 Å². The van der Waals surface area contributed by atoms with Crippen molar-refractivity contribution in [2.75, 3.05) is 32.2 Å². The number of carbonyl (C=O) groups excluding carboxylic acids is 1. The highest BCUT2D eigenvalue weighted by Crippen LogP contribution is 2.37. The van der Waals surface area contributed by atoms with Crippen LogP contribution in [-0.4, -0.2) is 71.6 Å². The molecule has 2 N–H and O–H groups in total. The van der Waals surface area contributed by atoms with E-state index in [-0.39, 0.29) is 37.1 Å². The summed E-state index contributed by atoms with van der Waals surface area (Å²) < 4.78 is 59.8. The van der Waals surface area contributed by atoms with E-state index in [4.69, 9.17) is 19.6 Å². The van der Waals surface area contributed by atoms with E-state index < -0.39 is 38.5 Å². The Kier molecular flexibility index (Phi) is 7.62. The number of hydrogen-bond acceptors (Lipinski definition) is 11. The van der Waals surface area contributed by atoms with E-state index in [1.807, 2.05) is 0 Å². The molecule has 1 aliphatic rings. The molecule has 216 valence electrons. The normalized spacial score (nSPS) is 17.4. The molecule has 3 aromatic heterocycles. The number of aromatic nitrogens is 5. The lowest BCUT2D eigenvalue weighted by atomic mass is 9.97. The quantitative estimate of drug-likeness (QED) is 0.305. The van der Waals surface area contributed by atoms with Crippen molar-refractivity contribution in [1.29, 1.82) is 0 Å². The fourth-order valence-electron chi connectivity index (χ4n) is 4.86. The molecule has 1 aliphatic heterocycles. The summed E-state index contributed by atoms with van der Waals surface area (Å²) in [5.41, 5.74) is 5.98. The van der Waals surface area contributed by atoms with Crippen LogP contribution in [0.4, 0.5) is 10.3 Å². The number of carbonyl (C=O) groups is 1. The summed E-state index contributed by atoms with van der Waals surface area (Å²) in [6.45, 7) is 1.84. The van der Waals surface area contributed by atoms with Gasteiger partial charge in [-0.3, -0.25) is 9.36 Å². The number of amides is 1. The van der Waals surface area contributed by atoms with Gasteiger partial charge in [-0.05, 0) is 37.6 Å². The van der Waals surface area contributed by atoms with Gasteiger partial charge in [0.2, 0.25) is 17.7 Å². The molecule has 0 spiro atoms. The molecule has 4 heterocycles. The van der Waals surface area contributed by atoms with Gasteiger partial charge in [0.1, 0.15) is 28.7 Å². The topological polar surface area (TPSA) is 169 Å². The number of nitrogens with zero attached hydrogens (tertiary/aromatic N) is 6. The minimum absolute atomic E-state index is 0.00822. The zero-order chi connectivity index (χ0) is 29.3. The Bertz CT molecular complexity index is 1650. The molecule has 1 amide bonds. The zero-order valence-corrected chi connectivity index (χ0v) is 23.3. The average molecular weight is 586 g/mol. The Morgan fingerprint density at radius 3 is 2.37 bits per heavy atom. The van der Waals surface area contributed by atoms with E-state index in [2.05, 4.69) is 20.2 Å². The van der Waals surface area contributed by atoms with E-state index in [1.54, 1.807) is 37.3 Å². The van der Waals surface area contributed by atoms with Crippen LogP contribution < -0.4 is 20.1 Å². The number of piperidine rings is 1. The van der Waals surface area contributed by atoms with Crippen LogP contribution in [0.25, 0.3) is 17.3 Å². The Labute approximate surface area is 235 Å². The zero-order valence-electron chi connectivity index (χ0n) is 22.5. The van der Waals surface area contributed by atoms with Gasteiger partial charge in [0.05, 0.1) is 37.8 Å². The number of methoxy groups -OCH3 is 2. The number of rotatable bonds is 9. The third-order valence-corrected chi connectivity index (χ3v) is 8.88. The SMILES string of the molecule is COc1cccc(OC)c1-n1c(CS(=O)(=O)[C@@H]2C[C@H](C(N)=O)CN(c3ncc(F)cn3)C2)nnc1-c1ccc(C)o1. The summed E-state index contributed by atoms with van der Waals surface area (Å²) in [5.74, 6) is -0.484. The molecular formula is C26H28FN7O6S. The van der Waals surface area contributed by atoms with Crippen LogP contribution >= 0.6 is 0 Å². The van der Waals surface area contributed by atoms with Crippen molar-refractivity contribution in [3.8, 4) is 28.8 Å². The predicted molar refractivity (Wildman–Crippen MR) is 145 cm³/mol. The number of aryl methyl sites for hydroxylation is 1. The van der Waals surface area contributed by atoms with Gasteiger partial charge in [-0.15, -0.1) is 10.2 Å². The minimum atomic E-state index is -4.00. The molecule has 0 radical (unpaired) electrons. The van der Waals surface area contributed by atoms with Crippen LogP contribution in [0.2, 0.25) is 0 Å². The number of furan rings is 1. The first-order chi connectivity index (χ1) is 19.6. The monoisotopic (exact) mass is 585 g/mol. The Morgan fingerprint density at radius 1 is 1.10 bits per heavy atom. The van der Waals surface area contributed by atoms with Gasteiger partial charge in [0.15, 0.2) is 27.2 Å². The number of para-hydroxylation sites is 1. The average Bonchev–Trinajstić information content (AvgIpc) is 3.57. The lowest BCUT2D eigenvalue weighted by molar-refractivity contribution is -0.121. The van der Waals surface area contributed by atoms with Gasteiger partial charge in [0.25, 0.3) is 0 Å². The van der Waals surface area contributed by atoms with Gasteiger partial charge in [0, 0.05) is 13.1 Å². The summed E-state index contributed by atoms with van der Waals surface area (Å²) >= 11 is 0. The third kappa shape index (κ3) is 5.57. The molecule has 1 saturated heterocycles. The number of nitrogens with two attached hydrogens (primary N) is 1. The number of primary amides is 1. The molecule has 4 aromatic rings. The molecule has 1 fully saturated rings. The van der Waals surface area contributed by atoms with E-state index >= 15 is 0 Å². The summed E-state index contributed by atoms with van der Waals surface area (Å²) in [6.07, 6.45) is 1.94. The standard InChI is InChI=1S/C26H28FN7O6S/c1-15-7-8-21(40-15)25-32-31-22(34(25)23-19(38-2)5-4-6-20(23)39-3)14-41(36,37)18-9-16(24(28)35)12-33(13-18)26-29-10-17(27)11-30-26/h4-8,10-11,16,18H,9,12-14H2,1-3H3,(H2,28,35)/t16-,18+/m0/s1. The highest BCUT2D eigenvalue weighted by Gasteiger charge is 2.40. The first-order valence-electron chi connectivity index (χ1n) is 12.6. The van der Waals surface area contributed by atoms with Crippen LogP contribution in [0.15, 0.2) is 47.1 Å². The van der Waals surface area contributed by atoms with Crippen molar-refractivity contribution in [1.82, 2.24) is 24.7 Å². The lowest BCUT2D eigenvalue weighted by Gasteiger charge is -2.36.